The first-order valence-corrected chi connectivity index (χ1v) is 13.8. The molecule has 198 valence electrons. The van der Waals surface area contributed by atoms with Gasteiger partial charge in [-0.3, -0.25) is 9.59 Å². The van der Waals surface area contributed by atoms with Crippen molar-refractivity contribution in [3.63, 3.8) is 0 Å². The Balaban J connectivity index is 1.32. The van der Waals surface area contributed by atoms with Crippen molar-refractivity contribution >= 4 is 34.0 Å². The van der Waals surface area contributed by atoms with Crippen LogP contribution in [0.25, 0.3) is 11.3 Å². The van der Waals surface area contributed by atoms with Crippen molar-refractivity contribution in [3.05, 3.63) is 53.2 Å². The topological polar surface area (TPSA) is 88.5 Å². The molecule has 2 aromatic heterocycles. The van der Waals surface area contributed by atoms with Crippen LogP contribution in [0.4, 0.5) is 10.8 Å². The number of ether oxygens (including phenoxy) is 1. The Morgan fingerprint density at radius 2 is 1.95 bits per heavy atom. The summed E-state index contributed by atoms with van der Waals surface area (Å²) in [6.45, 7) is 13.0. The summed E-state index contributed by atoms with van der Waals surface area (Å²) >= 11 is 1.37. The molecular weight excluding hydrogens is 486 g/mol. The Labute approximate surface area is 223 Å². The van der Waals surface area contributed by atoms with Crippen molar-refractivity contribution in [2.24, 2.45) is 5.92 Å². The van der Waals surface area contributed by atoms with Gasteiger partial charge in [-0.2, -0.15) is 0 Å². The summed E-state index contributed by atoms with van der Waals surface area (Å²) in [6, 6.07) is 10.1. The zero-order valence-electron chi connectivity index (χ0n) is 22.3. The molecule has 4 rings (SSSR count). The van der Waals surface area contributed by atoms with E-state index in [2.05, 4.69) is 64.9 Å². The van der Waals surface area contributed by atoms with Gasteiger partial charge in [0, 0.05) is 48.2 Å². The average molecular weight is 524 g/mol. The molecule has 2 N–H and O–H groups in total. The van der Waals surface area contributed by atoms with Crippen LogP contribution >= 0.6 is 11.3 Å². The monoisotopic (exact) mass is 523 g/mol. The normalized spacial score (nSPS) is 17.7. The van der Waals surface area contributed by atoms with Crippen LogP contribution in [-0.2, 0) is 16.1 Å². The fourth-order valence-corrected chi connectivity index (χ4v) is 5.25. The van der Waals surface area contributed by atoms with Gasteiger partial charge in [-0.15, -0.1) is 11.3 Å². The highest BCUT2D eigenvalue weighted by atomic mass is 32.1. The van der Waals surface area contributed by atoms with E-state index in [0.29, 0.717) is 16.6 Å². The number of hydrogen-bond acceptors (Lipinski definition) is 6. The van der Waals surface area contributed by atoms with E-state index in [9.17, 15) is 9.59 Å². The molecule has 0 unspecified atom stereocenters. The van der Waals surface area contributed by atoms with Crippen LogP contribution in [0.1, 0.15) is 50.2 Å². The lowest BCUT2D eigenvalue weighted by molar-refractivity contribution is -0.115. The maximum atomic E-state index is 12.6. The molecule has 1 aliphatic rings. The van der Waals surface area contributed by atoms with E-state index >= 15 is 0 Å². The highest BCUT2D eigenvalue weighted by Crippen LogP contribution is 2.29. The molecule has 0 spiro atoms. The lowest BCUT2D eigenvalue weighted by atomic mass is 10.1. The first-order valence-electron chi connectivity index (χ1n) is 12.9. The minimum atomic E-state index is -0.310. The molecule has 0 aliphatic carbocycles. The number of nitrogens with zero attached hydrogens (tertiary/aromatic N) is 3. The third kappa shape index (κ3) is 7.20. The maximum absolute atomic E-state index is 12.6. The molecule has 9 heteroatoms. The molecule has 1 saturated heterocycles. The standard InChI is InChI=1S/C28H37N5O3S/c1-18(2)9-10-32-16-23(11-19(32)3)27(35)29-13-26(34)31-28-30-25(17-37-28)22-7-6-8-24(12-22)33-14-20(4)36-21(5)15-33/h6-8,11-12,16-18,20-21H,9-10,13-15H2,1-5H3,(H,29,35)(H,30,31,34)/t20-,21+. The Bertz CT molecular complexity index is 1220. The number of carbonyl (C=O) groups excluding carboxylic acids is 2. The number of aromatic nitrogens is 2. The predicted octanol–water partition coefficient (Wildman–Crippen LogP) is 4.95. The summed E-state index contributed by atoms with van der Waals surface area (Å²) in [4.78, 5) is 32.0. The van der Waals surface area contributed by atoms with E-state index < -0.39 is 0 Å². The number of amides is 2. The molecule has 1 aliphatic heterocycles. The van der Waals surface area contributed by atoms with Gasteiger partial charge in [-0.25, -0.2) is 4.98 Å². The van der Waals surface area contributed by atoms with Gasteiger partial charge in [0.2, 0.25) is 5.91 Å². The molecule has 0 radical (unpaired) electrons. The van der Waals surface area contributed by atoms with E-state index in [-0.39, 0.29) is 30.6 Å². The number of benzene rings is 1. The molecule has 3 aromatic rings. The van der Waals surface area contributed by atoms with Crippen molar-refractivity contribution in [1.82, 2.24) is 14.9 Å². The van der Waals surface area contributed by atoms with Gasteiger partial charge in [-0.05, 0) is 51.3 Å². The molecule has 2 atom stereocenters. The molecule has 1 fully saturated rings. The lowest BCUT2D eigenvalue weighted by Crippen LogP contribution is -2.45. The van der Waals surface area contributed by atoms with Gasteiger partial charge in [0.1, 0.15) is 0 Å². The fourth-order valence-electron chi connectivity index (χ4n) is 4.52. The lowest BCUT2D eigenvalue weighted by Gasteiger charge is -2.37. The molecule has 37 heavy (non-hydrogen) atoms. The van der Waals surface area contributed by atoms with Gasteiger partial charge in [0.05, 0.1) is 30.0 Å². The number of aryl methyl sites for hydroxylation is 2. The molecule has 2 amide bonds. The number of thiazole rings is 1. The zero-order valence-corrected chi connectivity index (χ0v) is 23.1. The van der Waals surface area contributed by atoms with Gasteiger partial charge in [0.15, 0.2) is 5.13 Å². The number of hydrogen-bond donors (Lipinski definition) is 2. The van der Waals surface area contributed by atoms with E-state index in [1.807, 2.05) is 36.7 Å². The third-order valence-electron chi connectivity index (χ3n) is 6.41. The second kappa shape index (κ2) is 11.9. The third-order valence-corrected chi connectivity index (χ3v) is 7.17. The Morgan fingerprint density at radius 1 is 1.19 bits per heavy atom. The van der Waals surface area contributed by atoms with E-state index in [4.69, 9.17) is 4.74 Å². The van der Waals surface area contributed by atoms with Crippen molar-refractivity contribution in [2.45, 2.75) is 59.8 Å². The minimum absolute atomic E-state index is 0.118. The van der Waals surface area contributed by atoms with Crippen molar-refractivity contribution in [1.29, 1.82) is 0 Å². The van der Waals surface area contributed by atoms with Crippen LogP contribution in [0.5, 0.6) is 0 Å². The Morgan fingerprint density at radius 3 is 2.68 bits per heavy atom. The smallest absolute Gasteiger partial charge is 0.253 e. The second-order valence-electron chi connectivity index (χ2n) is 10.2. The largest absolute Gasteiger partial charge is 0.372 e. The summed E-state index contributed by atoms with van der Waals surface area (Å²) in [5, 5.41) is 7.94. The SMILES string of the molecule is Cc1cc(C(=O)NCC(=O)Nc2nc(-c3cccc(N4C[C@@H](C)O[C@@H](C)C4)c3)cs2)cn1CCC(C)C. The van der Waals surface area contributed by atoms with Crippen LogP contribution < -0.4 is 15.5 Å². The van der Waals surface area contributed by atoms with Gasteiger partial charge in [0.25, 0.3) is 5.91 Å². The quantitative estimate of drug-likeness (QED) is 0.414. The molecule has 0 saturated carbocycles. The molecule has 3 heterocycles. The number of rotatable bonds is 9. The van der Waals surface area contributed by atoms with Crippen molar-refractivity contribution in [2.75, 3.05) is 29.9 Å². The van der Waals surface area contributed by atoms with E-state index in [1.54, 1.807) is 0 Å². The van der Waals surface area contributed by atoms with Crippen LogP contribution in [0, 0.1) is 12.8 Å². The van der Waals surface area contributed by atoms with Gasteiger partial charge in [-0.1, -0.05) is 26.0 Å². The highest BCUT2D eigenvalue weighted by Gasteiger charge is 2.22. The van der Waals surface area contributed by atoms with Crippen LogP contribution in [0.2, 0.25) is 0 Å². The van der Waals surface area contributed by atoms with E-state index in [1.165, 1.54) is 11.3 Å². The van der Waals surface area contributed by atoms with Crippen LogP contribution in [-0.4, -0.2) is 53.2 Å². The molecule has 0 bridgehead atoms. The first kappa shape index (κ1) is 26.9. The van der Waals surface area contributed by atoms with Crippen LogP contribution in [0.15, 0.2) is 41.9 Å². The Kier molecular flexibility index (Phi) is 8.66. The Hall–Kier alpha value is -3.17. The summed E-state index contributed by atoms with van der Waals surface area (Å²) in [7, 11) is 0. The molecule has 1 aromatic carbocycles. The average Bonchev–Trinajstić information content (AvgIpc) is 3.47. The number of morpholine rings is 1. The molecular formula is C28H37N5O3S. The predicted molar refractivity (Wildman–Crippen MR) is 149 cm³/mol. The summed E-state index contributed by atoms with van der Waals surface area (Å²) < 4.78 is 7.94. The highest BCUT2D eigenvalue weighted by molar-refractivity contribution is 7.14. The summed E-state index contributed by atoms with van der Waals surface area (Å²) in [5.74, 6) is 0.0238. The van der Waals surface area contributed by atoms with Crippen molar-refractivity contribution in [3.8, 4) is 11.3 Å². The summed E-state index contributed by atoms with van der Waals surface area (Å²) in [6.07, 6.45) is 3.26. The number of anilines is 2. The fraction of sp³-hybridized carbons (Fsp3) is 0.464. The van der Waals surface area contributed by atoms with Crippen LogP contribution in [0.3, 0.4) is 0 Å². The van der Waals surface area contributed by atoms with Crippen molar-refractivity contribution < 1.29 is 14.3 Å². The zero-order chi connectivity index (χ0) is 26.5. The number of nitrogens with one attached hydrogen (secondary N) is 2. The van der Waals surface area contributed by atoms with Gasteiger partial charge >= 0.3 is 0 Å². The van der Waals surface area contributed by atoms with Gasteiger partial charge < -0.3 is 24.8 Å². The molecule has 8 nitrogen and oxygen atoms in total. The first-order chi connectivity index (χ1) is 17.7. The number of carbonyl (C=O) groups is 2. The van der Waals surface area contributed by atoms with E-state index in [0.717, 1.165) is 48.7 Å². The second-order valence-corrected chi connectivity index (χ2v) is 11.1. The minimum Gasteiger partial charge on any atom is -0.372 e. The summed E-state index contributed by atoms with van der Waals surface area (Å²) in [5.41, 5.74) is 4.53. The maximum Gasteiger partial charge on any atom is 0.253 e.